The van der Waals surface area contributed by atoms with Crippen LogP contribution < -0.4 is 10.6 Å². The van der Waals surface area contributed by atoms with Gasteiger partial charge in [-0.2, -0.15) is 0 Å². The number of amides is 2. The van der Waals surface area contributed by atoms with Gasteiger partial charge in [-0.15, -0.1) is 0 Å². The molecule has 2 aromatic rings. The van der Waals surface area contributed by atoms with E-state index in [2.05, 4.69) is 15.8 Å². The van der Waals surface area contributed by atoms with Crippen molar-refractivity contribution in [3.05, 3.63) is 47.2 Å². The molecule has 1 heterocycles. The van der Waals surface area contributed by atoms with Gasteiger partial charge in [0.05, 0.1) is 0 Å². The molecule has 0 saturated heterocycles. The molecule has 170 valence electrons. The van der Waals surface area contributed by atoms with E-state index in [1.807, 2.05) is 0 Å². The smallest absolute Gasteiger partial charge is 0.254 e. The fourth-order valence-corrected chi connectivity index (χ4v) is 3.06. The average molecular weight is 439 g/mol. The molecule has 2 amide bonds. The maximum absolute atomic E-state index is 13.4. The number of carbonyl (C=O) groups is 2. The Labute approximate surface area is 178 Å². The maximum Gasteiger partial charge on any atom is 0.254 e. The van der Waals surface area contributed by atoms with Crippen LogP contribution in [0.5, 0.6) is 0 Å². The van der Waals surface area contributed by atoms with E-state index < -0.39 is 41.2 Å². The number of benzene rings is 1. The predicted molar refractivity (Wildman–Crippen MR) is 108 cm³/mol. The molecular weight excluding hydrogens is 412 g/mol. The Kier molecular flexibility index (Phi) is 8.23. The Morgan fingerprint density at radius 1 is 1.10 bits per heavy atom. The molecule has 0 spiro atoms. The summed E-state index contributed by atoms with van der Waals surface area (Å²) in [6.45, 7) is 5.36. The van der Waals surface area contributed by atoms with E-state index in [1.165, 1.54) is 6.07 Å². The van der Waals surface area contributed by atoms with Gasteiger partial charge in [0.25, 0.3) is 5.91 Å². The van der Waals surface area contributed by atoms with Gasteiger partial charge in [0.2, 0.25) is 5.91 Å². The lowest BCUT2D eigenvalue weighted by Gasteiger charge is -2.21. The number of rotatable bonds is 10. The fourth-order valence-electron chi connectivity index (χ4n) is 3.06. The molecule has 0 fully saturated rings. The summed E-state index contributed by atoms with van der Waals surface area (Å²) >= 11 is 0. The van der Waals surface area contributed by atoms with Gasteiger partial charge in [-0.05, 0) is 37.0 Å². The molecule has 2 atom stereocenters. The standard InChI is InChI=1S/C21H27F2N3O5/c1-4-7-15(24-20(29)18(27)12-8-13(22)10-14(23)9-12)19(28)25-17-11-16(31-26-17)21(30,5-2)6-3/h8-11,15,18,27,30H,4-7H2,1-3H3,(H,24,29)(H,25,26,28). The molecule has 1 aromatic heterocycles. The number of aliphatic hydroxyl groups excluding tert-OH is 1. The summed E-state index contributed by atoms with van der Waals surface area (Å²) in [5.41, 5.74) is -1.48. The normalized spacial score (nSPS) is 13.5. The zero-order chi connectivity index (χ0) is 23.2. The van der Waals surface area contributed by atoms with E-state index in [9.17, 15) is 28.6 Å². The molecule has 2 rings (SSSR count). The lowest BCUT2D eigenvalue weighted by molar-refractivity contribution is -0.133. The fraction of sp³-hybridized carbons (Fsp3) is 0.476. The number of nitrogens with zero attached hydrogens (tertiary/aromatic N) is 1. The molecule has 0 aliphatic rings. The van der Waals surface area contributed by atoms with Gasteiger partial charge in [0, 0.05) is 12.1 Å². The zero-order valence-electron chi connectivity index (χ0n) is 17.6. The van der Waals surface area contributed by atoms with Gasteiger partial charge >= 0.3 is 0 Å². The minimum absolute atomic E-state index is 0.0587. The first-order valence-electron chi connectivity index (χ1n) is 10.1. The van der Waals surface area contributed by atoms with E-state index in [0.29, 0.717) is 25.3 Å². The number of aromatic nitrogens is 1. The van der Waals surface area contributed by atoms with E-state index in [1.54, 1.807) is 20.8 Å². The van der Waals surface area contributed by atoms with E-state index in [0.717, 1.165) is 12.1 Å². The third-order valence-electron chi connectivity index (χ3n) is 5.05. The van der Waals surface area contributed by atoms with Crippen molar-refractivity contribution in [2.24, 2.45) is 0 Å². The van der Waals surface area contributed by atoms with Crippen LogP contribution in [0.25, 0.3) is 0 Å². The van der Waals surface area contributed by atoms with Crippen LogP contribution in [0.3, 0.4) is 0 Å². The summed E-state index contributed by atoms with van der Waals surface area (Å²) in [6.07, 6.45) is -0.322. The van der Waals surface area contributed by atoms with Crippen LogP contribution >= 0.6 is 0 Å². The Morgan fingerprint density at radius 3 is 2.26 bits per heavy atom. The zero-order valence-corrected chi connectivity index (χ0v) is 17.6. The second-order valence-corrected chi connectivity index (χ2v) is 7.26. The van der Waals surface area contributed by atoms with Gasteiger partial charge < -0.3 is 25.4 Å². The van der Waals surface area contributed by atoms with Crippen molar-refractivity contribution in [1.29, 1.82) is 0 Å². The van der Waals surface area contributed by atoms with Crippen LogP contribution in [0.15, 0.2) is 28.8 Å². The summed E-state index contributed by atoms with van der Waals surface area (Å²) < 4.78 is 31.9. The number of anilines is 1. The molecule has 1 aromatic carbocycles. The Bertz CT molecular complexity index is 894. The Balaban J connectivity index is 2.10. The van der Waals surface area contributed by atoms with Gasteiger partial charge in [-0.25, -0.2) is 8.78 Å². The monoisotopic (exact) mass is 439 g/mol. The molecule has 4 N–H and O–H groups in total. The molecule has 2 unspecified atom stereocenters. The number of hydrogen-bond donors (Lipinski definition) is 4. The number of hydrogen-bond acceptors (Lipinski definition) is 6. The first-order chi connectivity index (χ1) is 14.6. The maximum atomic E-state index is 13.4. The van der Waals surface area contributed by atoms with Crippen molar-refractivity contribution in [2.75, 3.05) is 5.32 Å². The molecule has 0 aliphatic heterocycles. The number of carbonyl (C=O) groups excluding carboxylic acids is 2. The highest BCUT2D eigenvalue weighted by Gasteiger charge is 2.31. The first-order valence-corrected chi connectivity index (χ1v) is 10.1. The third-order valence-corrected chi connectivity index (χ3v) is 5.05. The highest BCUT2D eigenvalue weighted by atomic mass is 19.1. The van der Waals surface area contributed by atoms with Gasteiger partial charge in [-0.3, -0.25) is 9.59 Å². The molecule has 0 bridgehead atoms. The quantitative estimate of drug-likeness (QED) is 0.451. The summed E-state index contributed by atoms with van der Waals surface area (Å²) in [7, 11) is 0. The number of nitrogens with one attached hydrogen (secondary N) is 2. The Hall–Kier alpha value is -2.85. The second-order valence-electron chi connectivity index (χ2n) is 7.26. The molecule has 0 aliphatic carbocycles. The van der Waals surface area contributed by atoms with Crippen LogP contribution in [0.1, 0.15) is 63.9 Å². The second kappa shape index (κ2) is 10.5. The molecule has 0 saturated carbocycles. The largest absolute Gasteiger partial charge is 0.382 e. The lowest BCUT2D eigenvalue weighted by atomic mass is 9.94. The topological polar surface area (TPSA) is 125 Å². The summed E-state index contributed by atoms with van der Waals surface area (Å²) in [5.74, 6) is -3.22. The predicted octanol–water partition coefficient (Wildman–Crippen LogP) is 2.92. The van der Waals surface area contributed by atoms with E-state index in [4.69, 9.17) is 4.52 Å². The first kappa shape index (κ1) is 24.4. The molecule has 8 nitrogen and oxygen atoms in total. The van der Waals surface area contributed by atoms with Crippen molar-refractivity contribution in [1.82, 2.24) is 10.5 Å². The minimum Gasteiger partial charge on any atom is -0.382 e. The van der Waals surface area contributed by atoms with Crippen LogP contribution in [0.2, 0.25) is 0 Å². The summed E-state index contributed by atoms with van der Waals surface area (Å²) in [4.78, 5) is 25.0. The Morgan fingerprint density at radius 2 is 1.71 bits per heavy atom. The average Bonchev–Trinajstić information content (AvgIpc) is 3.20. The molecular formula is C21H27F2N3O5. The van der Waals surface area contributed by atoms with Gasteiger partial charge in [-0.1, -0.05) is 32.3 Å². The summed E-state index contributed by atoms with van der Waals surface area (Å²) in [5, 5.41) is 29.2. The molecule has 10 heteroatoms. The van der Waals surface area contributed by atoms with E-state index in [-0.39, 0.29) is 23.6 Å². The number of aliphatic hydroxyl groups is 2. The van der Waals surface area contributed by atoms with Crippen molar-refractivity contribution in [2.45, 2.75) is 64.2 Å². The molecule has 31 heavy (non-hydrogen) atoms. The van der Waals surface area contributed by atoms with Crippen molar-refractivity contribution < 1.29 is 33.1 Å². The van der Waals surface area contributed by atoms with Crippen LogP contribution in [-0.4, -0.2) is 33.2 Å². The lowest BCUT2D eigenvalue weighted by Crippen LogP contribution is -2.45. The van der Waals surface area contributed by atoms with Gasteiger partial charge in [0.1, 0.15) is 23.3 Å². The SMILES string of the molecule is CCCC(NC(=O)C(O)c1cc(F)cc(F)c1)C(=O)Nc1cc(C(O)(CC)CC)on1. The van der Waals surface area contributed by atoms with Crippen LogP contribution in [0.4, 0.5) is 14.6 Å². The highest BCUT2D eigenvalue weighted by Crippen LogP contribution is 2.30. The van der Waals surface area contributed by atoms with E-state index >= 15 is 0 Å². The van der Waals surface area contributed by atoms with Gasteiger partial charge in [0.15, 0.2) is 17.7 Å². The minimum atomic E-state index is -1.86. The van der Waals surface area contributed by atoms with Crippen molar-refractivity contribution in [3.8, 4) is 0 Å². The van der Waals surface area contributed by atoms with Crippen molar-refractivity contribution >= 4 is 17.6 Å². The van der Waals surface area contributed by atoms with Crippen LogP contribution in [0, 0.1) is 11.6 Å². The van der Waals surface area contributed by atoms with Crippen LogP contribution in [-0.2, 0) is 15.2 Å². The summed E-state index contributed by atoms with van der Waals surface area (Å²) in [6, 6.07) is 2.65. The third kappa shape index (κ3) is 6.08. The van der Waals surface area contributed by atoms with Crippen molar-refractivity contribution in [3.63, 3.8) is 0 Å². The number of halogens is 2. The highest BCUT2D eigenvalue weighted by molar-refractivity contribution is 5.97. The molecule has 0 radical (unpaired) electrons.